The minimum absolute atomic E-state index is 0.0133. The van der Waals surface area contributed by atoms with Gasteiger partial charge in [0, 0.05) is 43.9 Å². The number of amides is 2. The van der Waals surface area contributed by atoms with Crippen LogP contribution in [0.4, 0.5) is 0 Å². The van der Waals surface area contributed by atoms with Crippen molar-refractivity contribution in [2.24, 2.45) is 5.73 Å². The van der Waals surface area contributed by atoms with E-state index in [1.807, 2.05) is 35.2 Å². The summed E-state index contributed by atoms with van der Waals surface area (Å²) in [5.74, 6) is -0.506. The minimum atomic E-state index is -0.493. The molecule has 0 unspecified atom stereocenters. The first kappa shape index (κ1) is 23.8. The topological polar surface area (TPSA) is 86.9 Å². The van der Waals surface area contributed by atoms with Gasteiger partial charge < -0.3 is 15.7 Å². The van der Waals surface area contributed by atoms with Crippen LogP contribution in [0.15, 0.2) is 48.5 Å². The SMILES string of the molecule is NC(=O)c1cc(-c2ccc(Cl)c(Cl)c2)cc2c1Cc1ccc(C(=O)N3CCN(CCO)CC3)cc1-2. The fourth-order valence-electron chi connectivity index (χ4n) is 4.97. The van der Waals surface area contributed by atoms with Gasteiger partial charge in [-0.25, -0.2) is 0 Å². The Morgan fingerprint density at radius 1 is 0.886 bits per heavy atom. The van der Waals surface area contributed by atoms with E-state index in [1.165, 1.54) is 0 Å². The average Bonchev–Trinajstić information content (AvgIpc) is 3.23. The van der Waals surface area contributed by atoms with Crippen molar-refractivity contribution in [2.75, 3.05) is 39.3 Å². The molecule has 1 heterocycles. The van der Waals surface area contributed by atoms with Crippen LogP contribution in [0.3, 0.4) is 0 Å². The second-order valence-corrected chi connectivity index (χ2v) is 9.76. The monoisotopic (exact) mass is 509 g/mol. The van der Waals surface area contributed by atoms with Crippen LogP contribution in [0.5, 0.6) is 0 Å². The molecule has 35 heavy (non-hydrogen) atoms. The number of nitrogens with zero attached hydrogens (tertiary/aromatic N) is 2. The van der Waals surface area contributed by atoms with Crippen molar-refractivity contribution in [2.45, 2.75) is 6.42 Å². The Balaban J connectivity index is 1.51. The molecule has 0 radical (unpaired) electrons. The number of fused-ring (bicyclic) bond motifs is 3. The molecule has 0 spiro atoms. The molecule has 0 bridgehead atoms. The Morgan fingerprint density at radius 2 is 1.66 bits per heavy atom. The number of primary amides is 1. The zero-order valence-corrected chi connectivity index (χ0v) is 20.6. The number of rotatable bonds is 5. The average molecular weight is 510 g/mol. The first-order valence-electron chi connectivity index (χ1n) is 11.5. The van der Waals surface area contributed by atoms with Crippen LogP contribution in [-0.2, 0) is 6.42 Å². The number of aliphatic hydroxyl groups excluding tert-OH is 1. The first-order chi connectivity index (χ1) is 16.9. The highest BCUT2D eigenvalue weighted by molar-refractivity contribution is 6.42. The maximum absolute atomic E-state index is 13.3. The van der Waals surface area contributed by atoms with E-state index in [9.17, 15) is 9.59 Å². The summed E-state index contributed by atoms with van der Waals surface area (Å²) in [6, 6.07) is 14.9. The van der Waals surface area contributed by atoms with E-state index < -0.39 is 5.91 Å². The molecule has 3 N–H and O–H groups in total. The van der Waals surface area contributed by atoms with Crippen molar-refractivity contribution < 1.29 is 14.7 Å². The molecular weight excluding hydrogens is 485 g/mol. The molecule has 0 aromatic heterocycles. The molecule has 2 amide bonds. The highest BCUT2D eigenvalue weighted by Gasteiger charge is 2.27. The number of piperazine rings is 1. The van der Waals surface area contributed by atoms with Gasteiger partial charge in [0.2, 0.25) is 5.91 Å². The molecule has 8 heteroatoms. The van der Waals surface area contributed by atoms with E-state index in [1.54, 1.807) is 18.2 Å². The zero-order chi connectivity index (χ0) is 24.7. The number of hydrogen-bond donors (Lipinski definition) is 2. The number of hydrogen-bond acceptors (Lipinski definition) is 4. The molecule has 1 saturated heterocycles. The predicted molar refractivity (Wildman–Crippen MR) is 138 cm³/mol. The van der Waals surface area contributed by atoms with Gasteiger partial charge in [-0.15, -0.1) is 0 Å². The summed E-state index contributed by atoms with van der Waals surface area (Å²) in [5.41, 5.74) is 12.2. The van der Waals surface area contributed by atoms with Gasteiger partial charge in [0.1, 0.15) is 0 Å². The minimum Gasteiger partial charge on any atom is -0.395 e. The van der Waals surface area contributed by atoms with Gasteiger partial charge in [-0.1, -0.05) is 35.3 Å². The summed E-state index contributed by atoms with van der Waals surface area (Å²) < 4.78 is 0. The number of nitrogens with two attached hydrogens (primary N) is 1. The number of carbonyl (C=O) groups is 2. The summed E-state index contributed by atoms with van der Waals surface area (Å²) in [4.78, 5) is 29.6. The van der Waals surface area contributed by atoms with Crippen LogP contribution in [0, 0.1) is 0 Å². The van der Waals surface area contributed by atoms with E-state index in [0.717, 1.165) is 46.5 Å². The molecule has 2 aliphatic rings. The second kappa shape index (κ2) is 9.63. The van der Waals surface area contributed by atoms with Gasteiger partial charge in [0.15, 0.2) is 0 Å². The molecule has 0 atom stereocenters. The van der Waals surface area contributed by atoms with Gasteiger partial charge in [0.25, 0.3) is 5.91 Å². The highest BCUT2D eigenvalue weighted by atomic mass is 35.5. The van der Waals surface area contributed by atoms with E-state index in [2.05, 4.69) is 4.90 Å². The van der Waals surface area contributed by atoms with Crippen molar-refractivity contribution in [3.63, 3.8) is 0 Å². The van der Waals surface area contributed by atoms with Gasteiger partial charge in [0.05, 0.1) is 16.7 Å². The third-order valence-corrected chi connectivity index (χ3v) is 7.60. The van der Waals surface area contributed by atoms with Crippen LogP contribution < -0.4 is 5.73 Å². The third kappa shape index (κ3) is 4.55. The quantitative estimate of drug-likeness (QED) is 0.424. The molecule has 1 fully saturated rings. The van der Waals surface area contributed by atoms with Crippen LogP contribution >= 0.6 is 23.2 Å². The Bertz CT molecular complexity index is 1330. The lowest BCUT2D eigenvalue weighted by molar-refractivity contribution is 0.0615. The van der Waals surface area contributed by atoms with E-state index in [4.69, 9.17) is 34.0 Å². The van der Waals surface area contributed by atoms with Crippen LogP contribution in [0.2, 0.25) is 10.0 Å². The summed E-state index contributed by atoms with van der Waals surface area (Å²) in [7, 11) is 0. The molecular formula is C27H25Cl2N3O3. The summed E-state index contributed by atoms with van der Waals surface area (Å²) in [6.45, 7) is 3.49. The van der Waals surface area contributed by atoms with Crippen molar-refractivity contribution >= 4 is 35.0 Å². The Morgan fingerprint density at radius 3 is 2.34 bits per heavy atom. The molecule has 6 nitrogen and oxygen atoms in total. The van der Waals surface area contributed by atoms with E-state index in [-0.39, 0.29) is 12.5 Å². The van der Waals surface area contributed by atoms with Gasteiger partial charge >= 0.3 is 0 Å². The predicted octanol–water partition coefficient (Wildman–Crippen LogP) is 4.08. The smallest absolute Gasteiger partial charge is 0.253 e. The van der Waals surface area contributed by atoms with E-state index in [0.29, 0.717) is 47.2 Å². The van der Waals surface area contributed by atoms with E-state index >= 15 is 0 Å². The maximum Gasteiger partial charge on any atom is 0.253 e. The third-order valence-electron chi connectivity index (χ3n) is 6.86. The van der Waals surface area contributed by atoms with Crippen LogP contribution in [-0.4, -0.2) is 66.1 Å². The largest absolute Gasteiger partial charge is 0.395 e. The second-order valence-electron chi connectivity index (χ2n) is 8.95. The Labute approximate surface area is 213 Å². The number of halogens is 2. The lowest BCUT2D eigenvalue weighted by Crippen LogP contribution is -2.49. The van der Waals surface area contributed by atoms with Crippen LogP contribution in [0.1, 0.15) is 31.8 Å². The van der Waals surface area contributed by atoms with Gasteiger partial charge in [-0.05, 0) is 76.2 Å². The number of β-amino-alcohol motifs (C(OH)–C–C–N with tert-alkyl or cyclic N) is 1. The number of aliphatic hydroxyl groups is 1. The summed E-state index contributed by atoms with van der Waals surface area (Å²) >= 11 is 12.3. The summed E-state index contributed by atoms with van der Waals surface area (Å²) in [5, 5.41) is 10.0. The molecule has 180 valence electrons. The Hall–Kier alpha value is -2.90. The van der Waals surface area contributed by atoms with Gasteiger partial charge in [-0.3, -0.25) is 14.5 Å². The maximum atomic E-state index is 13.3. The van der Waals surface area contributed by atoms with Crippen molar-refractivity contribution in [3.05, 3.63) is 80.8 Å². The highest BCUT2D eigenvalue weighted by Crippen LogP contribution is 2.42. The normalized spacial score (nSPS) is 15.1. The van der Waals surface area contributed by atoms with Crippen LogP contribution in [0.25, 0.3) is 22.3 Å². The lowest BCUT2D eigenvalue weighted by atomic mass is 9.93. The number of carbonyl (C=O) groups excluding carboxylic acids is 2. The summed E-state index contributed by atoms with van der Waals surface area (Å²) in [6.07, 6.45) is 0.582. The van der Waals surface area contributed by atoms with Crippen molar-refractivity contribution in [1.82, 2.24) is 9.80 Å². The molecule has 0 saturated carbocycles. The fraction of sp³-hybridized carbons (Fsp3) is 0.259. The van der Waals surface area contributed by atoms with Gasteiger partial charge in [-0.2, -0.15) is 0 Å². The standard InChI is InChI=1S/C27H25Cl2N3O3/c28-24-4-3-16(15-25(24)29)19-13-21-20-12-18(27(35)32-7-5-31(6-8-32)9-10-33)2-1-17(20)11-22(21)23(14-19)26(30)34/h1-4,12-15,33H,5-11H2,(H2,30,34). The lowest BCUT2D eigenvalue weighted by Gasteiger charge is -2.34. The van der Waals surface area contributed by atoms with Crippen molar-refractivity contribution in [1.29, 1.82) is 0 Å². The Kier molecular flexibility index (Phi) is 6.55. The number of benzene rings is 3. The molecule has 3 aromatic rings. The molecule has 1 aliphatic carbocycles. The molecule has 3 aromatic carbocycles. The molecule has 5 rings (SSSR count). The zero-order valence-electron chi connectivity index (χ0n) is 19.1. The van der Waals surface area contributed by atoms with Crippen molar-refractivity contribution in [3.8, 4) is 22.3 Å². The fourth-order valence-corrected chi connectivity index (χ4v) is 5.27. The first-order valence-corrected chi connectivity index (χ1v) is 12.3. The molecule has 1 aliphatic heterocycles.